The third-order valence-electron chi connectivity index (χ3n) is 5.63. The SMILES string of the molecule is CCCCc1nc(N)c2c(n1)C(CCCCCN1CCCCCC1)=NC2. The van der Waals surface area contributed by atoms with Crippen molar-refractivity contribution < 1.29 is 0 Å². The molecule has 0 amide bonds. The van der Waals surface area contributed by atoms with Crippen LogP contribution in [0.1, 0.15) is 88.2 Å². The summed E-state index contributed by atoms with van der Waals surface area (Å²) in [5.41, 5.74) is 9.39. The van der Waals surface area contributed by atoms with Crippen LogP contribution < -0.4 is 5.73 Å². The maximum atomic E-state index is 6.15. The zero-order valence-corrected chi connectivity index (χ0v) is 16.5. The van der Waals surface area contributed by atoms with Crippen LogP contribution in [0.2, 0.25) is 0 Å². The van der Waals surface area contributed by atoms with Crippen LogP contribution >= 0.6 is 0 Å². The maximum absolute atomic E-state index is 6.15. The Labute approximate surface area is 158 Å². The van der Waals surface area contributed by atoms with Crippen LogP contribution in [0, 0.1) is 0 Å². The van der Waals surface area contributed by atoms with E-state index in [2.05, 4.69) is 16.8 Å². The number of nitrogens with two attached hydrogens (primary N) is 1. The Kier molecular flexibility index (Phi) is 7.42. The molecule has 1 aromatic rings. The van der Waals surface area contributed by atoms with Crippen LogP contribution in [0.3, 0.4) is 0 Å². The van der Waals surface area contributed by atoms with Gasteiger partial charge in [-0.05, 0) is 58.2 Å². The molecule has 3 heterocycles. The van der Waals surface area contributed by atoms with Gasteiger partial charge in [0.1, 0.15) is 11.6 Å². The first-order chi connectivity index (χ1) is 12.8. The lowest BCUT2D eigenvalue weighted by molar-refractivity contribution is 0.278. The fourth-order valence-electron chi connectivity index (χ4n) is 4.00. The molecule has 26 heavy (non-hydrogen) atoms. The number of fused-ring (bicyclic) bond motifs is 1. The maximum Gasteiger partial charge on any atom is 0.132 e. The molecule has 1 fully saturated rings. The molecule has 0 aliphatic carbocycles. The topological polar surface area (TPSA) is 67.4 Å². The molecule has 0 spiro atoms. The van der Waals surface area contributed by atoms with E-state index in [0.717, 1.165) is 48.5 Å². The van der Waals surface area contributed by atoms with Gasteiger partial charge < -0.3 is 10.6 Å². The summed E-state index contributed by atoms with van der Waals surface area (Å²) < 4.78 is 0. The first-order valence-electron chi connectivity index (χ1n) is 10.7. The molecule has 0 aromatic carbocycles. The second-order valence-electron chi connectivity index (χ2n) is 7.79. The molecule has 2 aliphatic rings. The van der Waals surface area contributed by atoms with Crippen molar-refractivity contribution >= 4 is 11.5 Å². The van der Waals surface area contributed by atoms with Gasteiger partial charge in [0.25, 0.3) is 0 Å². The van der Waals surface area contributed by atoms with E-state index < -0.39 is 0 Å². The minimum atomic E-state index is 0.640. The van der Waals surface area contributed by atoms with Crippen molar-refractivity contribution in [1.29, 1.82) is 0 Å². The molecule has 0 unspecified atom stereocenters. The lowest BCUT2D eigenvalue weighted by Crippen LogP contribution is -2.25. The summed E-state index contributed by atoms with van der Waals surface area (Å²) in [7, 11) is 0. The van der Waals surface area contributed by atoms with E-state index >= 15 is 0 Å². The minimum absolute atomic E-state index is 0.640. The van der Waals surface area contributed by atoms with E-state index in [4.69, 9.17) is 15.7 Å². The highest BCUT2D eigenvalue weighted by Crippen LogP contribution is 2.25. The van der Waals surface area contributed by atoms with Gasteiger partial charge in [0, 0.05) is 12.0 Å². The number of anilines is 1. The molecule has 0 atom stereocenters. The molecule has 2 N–H and O–H groups in total. The molecule has 1 saturated heterocycles. The average Bonchev–Trinajstić information content (AvgIpc) is 2.87. The summed E-state index contributed by atoms with van der Waals surface area (Å²) in [5.74, 6) is 1.53. The Morgan fingerprint density at radius 1 is 0.923 bits per heavy atom. The Bertz CT molecular complexity index is 603. The van der Waals surface area contributed by atoms with Crippen molar-refractivity contribution in [3.8, 4) is 0 Å². The number of aliphatic imine (C=N–C) groups is 1. The van der Waals surface area contributed by atoms with Crippen molar-refractivity contribution in [3.05, 3.63) is 17.1 Å². The van der Waals surface area contributed by atoms with Crippen LogP contribution in [0.5, 0.6) is 0 Å². The number of aromatic nitrogens is 2. The second kappa shape index (κ2) is 10.0. The van der Waals surface area contributed by atoms with Gasteiger partial charge in [-0.25, -0.2) is 9.97 Å². The lowest BCUT2D eigenvalue weighted by Gasteiger charge is -2.19. The van der Waals surface area contributed by atoms with Gasteiger partial charge in [0.15, 0.2) is 0 Å². The molecule has 0 bridgehead atoms. The van der Waals surface area contributed by atoms with E-state index in [9.17, 15) is 0 Å². The molecule has 144 valence electrons. The summed E-state index contributed by atoms with van der Waals surface area (Å²) in [6.45, 7) is 6.72. The average molecular weight is 358 g/mol. The molecule has 5 heteroatoms. The minimum Gasteiger partial charge on any atom is -0.383 e. The number of aryl methyl sites for hydroxylation is 1. The predicted molar refractivity (Wildman–Crippen MR) is 109 cm³/mol. The fourth-order valence-corrected chi connectivity index (χ4v) is 4.00. The van der Waals surface area contributed by atoms with E-state index in [0.29, 0.717) is 12.4 Å². The monoisotopic (exact) mass is 357 g/mol. The van der Waals surface area contributed by atoms with Crippen LogP contribution in [-0.2, 0) is 13.0 Å². The van der Waals surface area contributed by atoms with Gasteiger partial charge in [-0.15, -0.1) is 0 Å². The number of likely N-dealkylation sites (tertiary alicyclic amines) is 1. The number of hydrogen-bond donors (Lipinski definition) is 1. The normalized spacial score (nSPS) is 17.8. The standard InChI is InChI=1S/C21H35N5/c1-2-3-12-19-24-20-17(21(22)25-19)16-23-18(20)11-7-6-10-15-26-13-8-4-5-9-14-26/h2-16H2,1H3,(H2,22,24,25). The Morgan fingerprint density at radius 2 is 1.73 bits per heavy atom. The third-order valence-corrected chi connectivity index (χ3v) is 5.63. The van der Waals surface area contributed by atoms with Crippen molar-refractivity contribution in [3.63, 3.8) is 0 Å². The Morgan fingerprint density at radius 3 is 2.50 bits per heavy atom. The first-order valence-corrected chi connectivity index (χ1v) is 10.7. The molecule has 0 saturated carbocycles. The third kappa shape index (κ3) is 5.26. The smallest absolute Gasteiger partial charge is 0.132 e. The van der Waals surface area contributed by atoms with Gasteiger partial charge >= 0.3 is 0 Å². The Balaban J connectivity index is 1.44. The van der Waals surface area contributed by atoms with Crippen molar-refractivity contribution in [1.82, 2.24) is 14.9 Å². The van der Waals surface area contributed by atoms with Crippen molar-refractivity contribution in [2.45, 2.75) is 84.1 Å². The van der Waals surface area contributed by atoms with Gasteiger partial charge in [-0.3, -0.25) is 4.99 Å². The van der Waals surface area contributed by atoms with Crippen molar-refractivity contribution in [2.75, 3.05) is 25.4 Å². The van der Waals surface area contributed by atoms with Gasteiger partial charge in [-0.2, -0.15) is 0 Å². The van der Waals surface area contributed by atoms with Gasteiger partial charge in [0.2, 0.25) is 0 Å². The number of rotatable bonds is 9. The van der Waals surface area contributed by atoms with Gasteiger partial charge in [-0.1, -0.05) is 32.6 Å². The first kappa shape index (κ1) is 19.3. The Hall–Kier alpha value is -1.49. The van der Waals surface area contributed by atoms with Crippen LogP contribution in [-0.4, -0.2) is 40.2 Å². The summed E-state index contributed by atoms with van der Waals surface area (Å²) in [5, 5.41) is 0. The molecular weight excluding hydrogens is 322 g/mol. The summed E-state index contributed by atoms with van der Waals surface area (Å²) >= 11 is 0. The van der Waals surface area contributed by atoms with E-state index in [1.165, 1.54) is 64.6 Å². The molecule has 5 nitrogen and oxygen atoms in total. The number of nitrogens with zero attached hydrogens (tertiary/aromatic N) is 4. The zero-order valence-electron chi connectivity index (χ0n) is 16.5. The number of hydrogen-bond acceptors (Lipinski definition) is 5. The van der Waals surface area contributed by atoms with Crippen LogP contribution in [0.15, 0.2) is 4.99 Å². The van der Waals surface area contributed by atoms with Crippen molar-refractivity contribution in [2.24, 2.45) is 4.99 Å². The lowest BCUT2D eigenvalue weighted by atomic mass is 10.1. The molecular formula is C21H35N5. The van der Waals surface area contributed by atoms with E-state index in [1.54, 1.807) is 0 Å². The van der Waals surface area contributed by atoms with Crippen LogP contribution in [0.4, 0.5) is 5.82 Å². The quantitative estimate of drug-likeness (QED) is 0.674. The molecule has 3 rings (SSSR count). The van der Waals surface area contributed by atoms with Crippen LogP contribution in [0.25, 0.3) is 0 Å². The molecule has 1 aromatic heterocycles. The zero-order chi connectivity index (χ0) is 18.2. The summed E-state index contributed by atoms with van der Waals surface area (Å²) in [6.07, 6.45) is 13.6. The largest absolute Gasteiger partial charge is 0.383 e. The van der Waals surface area contributed by atoms with E-state index in [1.807, 2.05) is 0 Å². The van der Waals surface area contributed by atoms with E-state index in [-0.39, 0.29) is 0 Å². The predicted octanol–water partition coefficient (Wildman–Crippen LogP) is 4.14. The summed E-state index contributed by atoms with van der Waals surface area (Å²) in [4.78, 5) is 16.6. The number of unbranched alkanes of at least 4 members (excludes halogenated alkanes) is 3. The highest BCUT2D eigenvalue weighted by molar-refractivity contribution is 6.02. The van der Waals surface area contributed by atoms with Gasteiger partial charge in [0.05, 0.1) is 18.0 Å². The summed E-state index contributed by atoms with van der Waals surface area (Å²) in [6, 6.07) is 0. The highest BCUT2D eigenvalue weighted by Gasteiger charge is 2.21. The number of nitrogen functional groups attached to an aromatic ring is 1. The second-order valence-corrected chi connectivity index (χ2v) is 7.79. The molecule has 0 radical (unpaired) electrons. The highest BCUT2D eigenvalue weighted by atomic mass is 15.1. The fraction of sp³-hybridized carbons (Fsp3) is 0.762. The molecule has 2 aliphatic heterocycles.